The third-order valence-corrected chi connectivity index (χ3v) is 7.54. The normalized spacial score (nSPS) is 12.7. The molecule has 0 saturated heterocycles. The Kier molecular flexibility index (Phi) is 4.51. The van der Waals surface area contributed by atoms with Crippen molar-refractivity contribution in [2.75, 3.05) is 0 Å². The minimum Gasteiger partial charge on any atom is -0.434 e. The van der Waals surface area contributed by atoms with Crippen molar-refractivity contribution in [3.05, 3.63) is 77.3 Å². The molecule has 31 heavy (non-hydrogen) atoms. The standard InChI is InChI=1S/C21H12F3NO4PS/c22-21(23,24)31(26,27)25-30-28-17-11-9-13-5-1-3-7-15(13)19(17)20-16-8-4-2-6-14(16)10-12-18(20)29-30/h1-12H/q-1. The van der Waals surface area contributed by atoms with Crippen LogP contribution in [-0.4, -0.2) is 13.9 Å². The van der Waals surface area contributed by atoms with Crippen molar-refractivity contribution in [1.82, 2.24) is 0 Å². The van der Waals surface area contributed by atoms with Crippen molar-refractivity contribution in [3.63, 3.8) is 0 Å². The average molecular weight is 462 g/mol. The fourth-order valence-corrected chi connectivity index (χ4v) is 5.54. The average Bonchev–Trinajstić information content (AvgIpc) is 2.89. The van der Waals surface area contributed by atoms with E-state index in [4.69, 9.17) is 8.39 Å². The highest BCUT2D eigenvalue weighted by Gasteiger charge is 2.39. The summed E-state index contributed by atoms with van der Waals surface area (Å²) in [7, 11) is -8.62. The van der Waals surface area contributed by atoms with Crippen LogP contribution in [0.4, 0.5) is 13.2 Å². The van der Waals surface area contributed by atoms with Crippen LogP contribution >= 0.6 is 8.16 Å². The van der Waals surface area contributed by atoms with Crippen LogP contribution in [0.25, 0.3) is 48.0 Å². The second kappa shape index (κ2) is 7.02. The number of benzene rings is 4. The van der Waals surface area contributed by atoms with Gasteiger partial charge in [-0.05, 0) is 33.7 Å². The number of alkyl halides is 3. The molecule has 0 fully saturated rings. The first-order chi connectivity index (χ1) is 14.7. The number of hydrogen-bond donors (Lipinski definition) is 0. The molecule has 0 bridgehead atoms. The van der Waals surface area contributed by atoms with Crippen LogP contribution in [0.15, 0.2) is 81.2 Å². The van der Waals surface area contributed by atoms with Crippen molar-refractivity contribution in [2.24, 2.45) is 0 Å². The Morgan fingerprint density at radius 3 is 1.61 bits per heavy atom. The molecular weight excluding hydrogens is 450 g/mol. The summed E-state index contributed by atoms with van der Waals surface area (Å²) in [6.45, 7) is 0. The van der Waals surface area contributed by atoms with E-state index in [0.29, 0.717) is 10.8 Å². The van der Waals surface area contributed by atoms with E-state index in [1.54, 1.807) is 24.3 Å². The van der Waals surface area contributed by atoms with Crippen LogP contribution in [0.5, 0.6) is 0 Å². The lowest BCUT2D eigenvalue weighted by Crippen LogP contribution is -2.20. The number of nitrogens with zero attached hydrogens (tertiary/aromatic N) is 1. The van der Waals surface area contributed by atoms with Crippen LogP contribution in [0.3, 0.4) is 0 Å². The molecule has 5 rings (SSSR count). The summed E-state index contributed by atoms with van der Waals surface area (Å²) >= 11 is 0. The van der Waals surface area contributed by atoms with Gasteiger partial charge >= 0.3 is 5.51 Å². The van der Waals surface area contributed by atoms with Gasteiger partial charge < -0.3 is 12.9 Å². The SMILES string of the molecule is O=S(=O)([N-]p1oc2ccc3ccccc3c2c2c(ccc3ccccc32)o1)C(F)(F)F. The minimum absolute atomic E-state index is 0.195. The summed E-state index contributed by atoms with van der Waals surface area (Å²) in [5, 5.41) is 4.56. The maximum Gasteiger partial charge on any atom is 0.480 e. The number of halogens is 3. The van der Waals surface area contributed by atoms with Gasteiger partial charge in [0.25, 0.3) is 0 Å². The molecule has 0 aliphatic heterocycles. The van der Waals surface area contributed by atoms with E-state index in [-0.39, 0.29) is 11.2 Å². The zero-order chi connectivity index (χ0) is 21.8. The molecule has 0 saturated carbocycles. The Morgan fingerprint density at radius 1 is 0.710 bits per heavy atom. The molecule has 4 aromatic carbocycles. The highest BCUT2D eigenvalue weighted by Crippen LogP contribution is 2.47. The second-order valence-corrected chi connectivity index (χ2v) is 9.65. The highest BCUT2D eigenvalue weighted by atomic mass is 32.2. The lowest BCUT2D eigenvalue weighted by Gasteiger charge is -2.18. The maximum absolute atomic E-state index is 12.9. The lowest BCUT2D eigenvalue weighted by atomic mass is 9.99. The Morgan fingerprint density at radius 2 is 1.16 bits per heavy atom. The van der Waals surface area contributed by atoms with Crippen LogP contribution in [0, 0.1) is 0 Å². The van der Waals surface area contributed by atoms with Gasteiger partial charge in [-0.1, -0.05) is 60.7 Å². The topological polar surface area (TPSA) is 74.5 Å². The quantitative estimate of drug-likeness (QED) is 0.271. The van der Waals surface area contributed by atoms with Gasteiger partial charge in [0, 0.05) is 10.8 Å². The van der Waals surface area contributed by atoms with Crippen molar-refractivity contribution in [3.8, 4) is 0 Å². The molecule has 1 aromatic heterocycles. The molecule has 0 aliphatic carbocycles. The predicted molar refractivity (Wildman–Crippen MR) is 115 cm³/mol. The molecule has 158 valence electrons. The fourth-order valence-electron chi connectivity index (χ4n) is 3.53. The Labute approximate surface area is 174 Å². The van der Waals surface area contributed by atoms with Crippen LogP contribution in [-0.2, 0) is 10.0 Å². The Bertz CT molecular complexity index is 1530. The molecule has 0 amide bonds. The van der Waals surface area contributed by atoms with Gasteiger partial charge in [0.05, 0.1) is 0 Å². The maximum atomic E-state index is 12.9. The third-order valence-electron chi connectivity index (χ3n) is 4.85. The molecule has 0 N–H and O–H groups in total. The van der Waals surface area contributed by atoms with Gasteiger partial charge in [-0.2, -0.15) is 13.2 Å². The molecule has 5 nitrogen and oxygen atoms in total. The van der Waals surface area contributed by atoms with E-state index in [0.717, 1.165) is 21.5 Å². The number of hydrogen-bond acceptors (Lipinski definition) is 4. The number of fused-ring (bicyclic) bond motifs is 7. The van der Waals surface area contributed by atoms with Gasteiger partial charge in [0.1, 0.15) is 19.3 Å². The number of rotatable bonds is 2. The summed E-state index contributed by atoms with van der Waals surface area (Å²) in [6, 6.07) is 21.6. The van der Waals surface area contributed by atoms with Gasteiger partial charge in [-0.15, -0.1) is 0 Å². The lowest BCUT2D eigenvalue weighted by molar-refractivity contribution is -0.0425. The van der Waals surface area contributed by atoms with Gasteiger partial charge in [0.2, 0.25) is 0 Å². The van der Waals surface area contributed by atoms with Crippen molar-refractivity contribution in [2.45, 2.75) is 5.51 Å². The van der Waals surface area contributed by atoms with Crippen molar-refractivity contribution < 1.29 is 30.0 Å². The van der Waals surface area contributed by atoms with Crippen molar-refractivity contribution in [1.29, 1.82) is 0 Å². The van der Waals surface area contributed by atoms with E-state index in [9.17, 15) is 21.6 Å². The summed E-state index contributed by atoms with van der Waals surface area (Å²) in [5.41, 5.74) is -5.16. The molecule has 0 spiro atoms. The first-order valence-corrected chi connectivity index (χ1v) is 11.6. The molecule has 0 atom stereocenters. The molecule has 1 heterocycles. The molecule has 0 unspecified atom stereocenters. The first-order valence-electron chi connectivity index (χ1n) is 8.99. The third kappa shape index (κ3) is 3.35. The van der Waals surface area contributed by atoms with E-state index in [2.05, 4.69) is 4.49 Å². The smallest absolute Gasteiger partial charge is 0.434 e. The van der Waals surface area contributed by atoms with Gasteiger partial charge in [-0.3, -0.25) is 0 Å². The van der Waals surface area contributed by atoms with E-state index < -0.39 is 23.7 Å². The van der Waals surface area contributed by atoms with Gasteiger partial charge in [0.15, 0.2) is 10.0 Å². The Balaban J connectivity index is 1.99. The fraction of sp³-hybridized carbons (Fsp3) is 0.0476. The van der Waals surface area contributed by atoms with E-state index in [1.807, 2.05) is 48.5 Å². The van der Waals surface area contributed by atoms with Gasteiger partial charge in [-0.25, -0.2) is 8.42 Å². The summed E-state index contributed by atoms with van der Waals surface area (Å²) in [4.78, 5) is 0. The summed E-state index contributed by atoms with van der Waals surface area (Å²) in [5.74, 6) is 0. The second-order valence-electron chi connectivity index (χ2n) is 6.74. The molecule has 0 aliphatic rings. The summed E-state index contributed by atoms with van der Waals surface area (Å²) in [6.07, 6.45) is 0. The van der Waals surface area contributed by atoms with Crippen LogP contribution in [0.2, 0.25) is 0 Å². The van der Waals surface area contributed by atoms with Crippen LogP contribution < -0.4 is 0 Å². The summed E-state index contributed by atoms with van der Waals surface area (Å²) < 4.78 is 76.2. The zero-order valence-electron chi connectivity index (χ0n) is 15.5. The molecule has 5 aromatic rings. The number of sulfonamides is 1. The largest absolute Gasteiger partial charge is 0.480 e. The zero-order valence-corrected chi connectivity index (χ0v) is 17.2. The predicted octanol–water partition coefficient (Wildman–Crippen LogP) is 7.58. The van der Waals surface area contributed by atoms with Crippen molar-refractivity contribution >= 4 is 61.7 Å². The van der Waals surface area contributed by atoms with Crippen LogP contribution in [0.1, 0.15) is 0 Å². The molecule has 10 heteroatoms. The molecule has 0 radical (unpaired) electrons. The van der Waals surface area contributed by atoms with E-state index in [1.165, 1.54) is 0 Å². The van der Waals surface area contributed by atoms with E-state index >= 15 is 0 Å². The Hall–Kier alpha value is -3.00. The highest BCUT2D eigenvalue weighted by molar-refractivity contribution is 8.00. The first kappa shape index (κ1) is 19.9. The monoisotopic (exact) mass is 462 g/mol. The minimum atomic E-state index is -5.80. The molecular formula is C21H12F3NO4PS-.